The maximum absolute atomic E-state index is 4.43. The molecule has 0 amide bonds. The molecule has 0 radical (unpaired) electrons. The molecule has 1 aromatic carbocycles. The van der Waals surface area contributed by atoms with Crippen LogP contribution in [-0.2, 0) is 0 Å². The maximum Gasteiger partial charge on any atom is 0.0702 e. The first-order valence-corrected chi connectivity index (χ1v) is 5.85. The Kier molecular flexibility index (Phi) is 2.84. The van der Waals surface area contributed by atoms with Crippen LogP contribution < -0.4 is 0 Å². The number of aromatic nitrogens is 2. The molecule has 0 saturated carbocycles. The van der Waals surface area contributed by atoms with E-state index in [1.807, 2.05) is 48.8 Å². The third-order valence-electron chi connectivity index (χ3n) is 2.76. The predicted octanol–water partition coefficient (Wildman–Crippen LogP) is 3.80. The summed E-state index contributed by atoms with van der Waals surface area (Å²) in [6.07, 6.45) is 9.59. The van der Waals surface area contributed by atoms with Gasteiger partial charge in [0.1, 0.15) is 0 Å². The smallest absolute Gasteiger partial charge is 0.0702 e. The molecule has 2 heterocycles. The van der Waals surface area contributed by atoms with Crippen LogP contribution in [0.2, 0.25) is 0 Å². The number of pyridine rings is 2. The van der Waals surface area contributed by atoms with Gasteiger partial charge in [-0.1, -0.05) is 36.4 Å². The van der Waals surface area contributed by atoms with Crippen molar-refractivity contribution in [3.63, 3.8) is 0 Å². The van der Waals surface area contributed by atoms with Gasteiger partial charge in [0.2, 0.25) is 0 Å². The summed E-state index contributed by atoms with van der Waals surface area (Å²) >= 11 is 0. The third kappa shape index (κ3) is 2.28. The summed E-state index contributed by atoms with van der Waals surface area (Å²) in [7, 11) is 0. The molecule has 3 rings (SSSR count). The van der Waals surface area contributed by atoms with E-state index >= 15 is 0 Å². The zero-order valence-electron chi connectivity index (χ0n) is 9.82. The van der Waals surface area contributed by atoms with Gasteiger partial charge in [-0.15, -0.1) is 0 Å². The first kappa shape index (κ1) is 10.7. The Hall–Kier alpha value is -2.48. The van der Waals surface area contributed by atoms with Crippen LogP contribution in [0.4, 0.5) is 0 Å². The highest BCUT2D eigenvalue weighted by Crippen LogP contribution is 2.14. The molecule has 0 fully saturated rings. The Morgan fingerprint density at radius 2 is 1.72 bits per heavy atom. The molecule has 0 aliphatic carbocycles. The van der Waals surface area contributed by atoms with E-state index in [1.165, 1.54) is 0 Å². The lowest BCUT2D eigenvalue weighted by molar-refractivity contribution is 1.32. The van der Waals surface area contributed by atoms with E-state index < -0.39 is 0 Å². The minimum absolute atomic E-state index is 1.02. The van der Waals surface area contributed by atoms with Gasteiger partial charge in [0.05, 0.1) is 5.52 Å². The van der Waals surface area contributed by atoms with Crippen molar-refractivity contribution in [1.29, 1.82) is 0 Å². The number of hydrogen-bond acceptors (Lipinski definition) is 2. The maximum atomic E-state index is 4.43. The zero-order chi connectivity index (χ0) is 12.2. The second kappa shape index (κ2) is 4.80. The van der Waals surface area contributed by atoms with Gasteiger partial charge in [-0.2, -0.15) is 0 Å². The molecule has 0 bridgehead atoms. The summed E-state index contributed by atoms with van der Waals surface area (Å²) in [6.45, 7) is 0. The van der Waals surface area contributed by atoms with Gasteiger partial charge in [0.25, 0.3) is 0 Å². The molecular formula is C16H12N2. The lowest BCUT2D eigenvalue weighted by atomic mass is 10.1. The van der Waals surface area contributed by atoms with E-state index in [0.717, 1.165) is 22.0 Å². The van der Waals surface area contributed by atoms with Gasteiger partial charge >= 0.3 is 0 Å². The van der Waals surface area contributed by atoms with Crippen LogP contribution in [0.25, 0.3) is 23.1 Å². The molecular weight excluding hydrogens is 220 g/mol. The highest BCUT2D eigenvalue weighted by Gasteiger charge is 1.94. The van der Waals surface area contributed by atoms with Gasteiger partial charge in [0, 0.05) is 24.0 Å². The van der Waals surface area contributed by atoms with E-state index in [-0.39, 0.29) is 0 Å². The predicted molar refractivity (Wildman–Crippen MR) is 74.9 cm³/mol. The monoisotopic (exact) mass is 232 g/mol. The van der Waals surface area contributed by atoms with Crippen LogP contribution in [0.15, 0.2) is 61.1 Å². The van der Waals surface area contributed by atoms with Gasteiger partial charge in [-0.25, -0.2) is 0 Å². The largest absolute Gasteiger partial charge is 0.264 e. The second-order valence-corrected chi connectivity index (χ2v) is 4.08. The van der Waals surface area contributed by atoms with Gasteiger partial charge in [0.15, 0.2) is 0 Å². The van der Waals surface area contributed by atoms with Crippen LogP contribution in [0.1, 0.15) is 11.1 Å². The summed E-state index contributed by atoms with van der Waals surface area (Å²) in [6, 6.07) is 14.2. The first-order valence-electron chi connectivity index (χ1n) is 5.85. The molecule has 0 unspecified atom stereocenters. The summed E-state index contributed by atoms with van der Waals surface area (Å²) in [5.74, 6) is 0. The Bertz CT molecular complexity index is 688. The van der Waals surface area contributed by atoms with E-state index in [9.17, 15) is 0 Å². The van der Waals surface area contributed by atoms with E-state index in [1.54, 1.807) is 6.20 Å². The Morgan fingerprint density at radius 3 is 2.61 bits per heavy atom. The minimum Gasteiger partial charge on any atom is -0.264 e. The Labute approximate surface area is 106 Å². The van der Waals surface area contributed by atoms with Crippen molar-refractivity contribution in [2.75, 3.05) is 0 Å². The number of rotatable bonds is 2. The molecule has 86 valence electrons. The highest BCUT2D eigenvalue weighted by molar-refractivity contribution is 5.82. The van der Waals surface area contributed by atoms with Gasteiger partial charge in [-0.3, -0.25) is 9.97 Å². The van der Waals surface area contributed by atoms with Gasteiger partial charge in [-0.05, 0) is 29.3 Å². The third-order valence-corrected chi connectivity index (χ3v) is 2.76. The van der Waals surface area contributed by atoms with Gasteiger partial charge < -0.3 is 0 Å². The fourth-order valence-electron chi connectivity index (χ4n) is 1.85. The number of nitrogens with zero attached hydrogens (tertiary/aromatic N) is 2. The molecule has 18 heavy (non-hydrogen) atoms. The second-order valence-electron chi connectivity index (χ2n) is 4.08. The number of fused-ring (bicyclic) bond motifs is 1. The summed E-state index contributed by atoms with van der Waals surface area (Å²) in [4.78, 5) is 8.51. The molecule has 0 aliphatic heterocycles. The standard InChI is InChI=1S/C16H12N2/c1-2-6-16-15(5-1)10-14(12-18-16)8-7-13-4-3-9-17-11-13/h1-12H/b8-7+. The zero-order valence-corrected chi connectivity index (χ0v) is 9.82. The molecule has 3 aromatic rings. The molecule has 0 atom stereocenters. The van der Waals surface area contributed by atoms with E-state index in [4.69, 9.17) is 0 Å². The average Bonchev–Trinajstić information content (AvgIpc) is 2.46. The lowest BCUT2D eigenvalue weighted by Gasteiger charge is -1.98. The van der Waals surface area contributed by atoms with Crippen molar-refractivity contribution >= 4 is 23.1 Å². The van der Waals surface area contributed by atoms with Crippen molar-refractivity contribution in [3.8, 4) is 0 Å². The fourth-order valence-corrected chi connectivity index (χ4v) is 1.85. The van der Waals surface area contributed by atoms with Crippen molar-refractivity contribution in [2.45, 2.75) is 0 Å². The number of benzene rings is 1. The fraction of sp³-hybridized carbons (Fsp3) is 0. The first-order chi connectivity index (χ1) is 8.92. The van der Waals surface area contributed by atoms with E-state index in [2.05, 4.69) is 28.2 Å². The lowest BCUT2D eigenvalue weighted by Crippen LogP contribution is -1.80. The van der Waals surface area contributed by atoms with Crippen molar-refractivity contribution in [1.82, 2.24) is 9.97 Å². The molecule has 2 heteroatoms. The van der Waals surface area contributed by atoms with Crippen LogP contribution in [0.3, 0.4) is 0 Å². The molecule has 0 N–H and O–H groups in total. The van der Waals surface area contributed by atoms with Crippen LogP contribution in [0.5, 0.6) is 0 Å². The molecule has 0 aliphatic rings. The highest BCUT2D eigenvalue weighted by atomic mass is 14.6. The van der Waals surface area contributed by atoms with Crippen molar-refractivity contribution in [2.24, 2.45) is 0 Å². The van der Waals surface area contributed by atoms with Crippen molar-refractivity contribution in [3.05, 3.63) is 72.2 Å². The van der Waals surface area contributed by atoms with E-state index in [0.29, 0.717) is 0 Å². The quantitative estimate of drug-likeness (QED) is 0.671. The Morgan fingerprint density at radius 1 is 0.833 bits per heavy atom. The molecule has 0 spiro atoms. The van der Waals surface area contributed by atoms with Crippen LogP contribution >= 0.6 is 0 Å². The molecule has 2 nitrogen and oxygen atoms in total. The summed E-state index contributed by atoms with van der Waals surface area (Å²) in [5, 5.41) is 1.16. The topological polar surface area (TPSA) is 25.8 Å². The van der Waals surface area contributed by atoms with Crippen molar-refractivity contribution < 1.29 is 0 Å². The Balaban J connectivity index is 1.93. The number of hydrogen-bond donors (Lipinski definition) is 0. The summed E-state index contributed by atoms with van der Waals surface area (Å²) < 4.78 is 0. The van der Waals surface area contributed by atoms with Crippen LogP contribution in [-0.4, -0.2) is 9.97 Å². The minimum atomic E-state index is 1.02. The summed E-state index contributed by atoms with van der Waals surface area (Å²) in [5.41, 5.74) is 3.21. The number of para-hydroxylation sites is 1. The molecule has 2 aromatic heterocycles. The normalized spacial score (nSPS) is 11.1. The molecule has 0 saturated heterocycles. The average molecular weight is 232 g/mol. The van der Waals surface area contributed by atoms with Crippen LogP contribution in [0, 0.1) is 0 Å². The SMILES string of the molecule is C(=C\c1cnc2ccccc2c1)/c1cccnc1.